The molecule has 0 fully saturated rings. The van der Waals surface area contributed by atoms with Crippen LogP contribution in [0.3, 0.4) is 0 Å². The van der Waals surface area contributed by atoms with Crippen LogP contribution in [0, 0.1) is 17.7 Å². The summed E-state index contributed by atoms with van der Waals surface area (Å²) in [7, 11) is 0. The second-order valence-electron chi connectivity index (χ2n) is 9.74. The fraction of sp³-hybridized carbons (Fsp3) is 0.214. The number of nitrogens with one attached hydrogen (secondary N) is 1. The molecule has 1 aliphatic heterocycles. The van der Waals surface area contributed by atoms with Crippen molar-refractivity contribution < 1.29 is 18.4 Å². The first-order chi connectivity index (χ1) is 19.3. The van der Waals surface area contributed by atoms with E-state index in [1.54, 1.807) is 29.2 Å². The van der Waals surface area contributed by atoms with E-state index in [4.69, 9.17) is 5.10 Å². The number of carbonyl (C=O) groups excluding carboxylic acids is 2. The fourth-order valence-corrected chi connectivity index (χ4v) is 4.75. The van der Waals surface area contributed by atoms with Crippen molar-refractivity contribution in [1.82, 2.24) is 34.3 Å². The number of imidazole rings is 1. The fourth-order valence-electron chi connectivity index (χ4n) is 4.75. The Morgan fingerprint density at radius 2 is 1.70 bits per heavy atom. The van der Waals surface area contributed by atoms with Gasteiger partial charge in [0.1, 0.15) is 11.5 Å². The van der Waals surface area contributed by atoms with Crippen molar-refractivity contribution in [3.8, 4) is 22.5 Å². The maximum absolute atomic E-state index is 15.5. The van der Waals surface area contributed by atoms with E-state index in [-0.39, 0.29) is 29.1 Å². The lowest BCUT2D eigenvalue weighted by molar-refractivity contribution is -0.136. The molecule has 0 aliphatic carbocycles. The van der Waals surface area contributed by atoms with Crippen molar-refractivity contribution in [2.24, 2.45) is 5.92 Å². The Kier molecular flexibility index (Phi) is 6.29. The van der Waals surface area contributed by atoms with Gasteiger partial charge in [0.25, 0.3) is 11.9 Å². The molecule has 0 radical (unpaired) electrons. The third-order valence-corrected chi connectivity index (χ3v) is 6.76. The smallest absolute Gasteiger partial charge is 0.259 e. The van der Waals surface area contributed by atoms with Crippen LogP contribution >= 0.6 is 0 Å². The van der Waals surface area contributed by atoms with Crippen molar-refractivity contribution in [2.75, 3.05) is 11.9 Å². The number of aromatic nitrogens is 6. The number of halogens is 2. The van der Waals surface area contributed by atoms with E-state index in [1.807, 2.05) is 18.5 Å². The molecule has 0 saturated heterocycles. The third-order valence-electron chi connectivity index (χ3n) is 6.76. The summed E-state index contributed by atoms with van der Waals surface area (Å²) in [6, 6.07) is 12.2. The lowest BCUT2D eigenvalue weighted by Gasteiger charge is -2.29. The van der Waals surface area contributed by atoms with E-state index in [9.17, 15) is 14.0 Å². The molecule has 2 amide bonds. The van der Waals surface area contributed by atoms with E-state index < -0.39 is 11.9 Å². The highest BCUT2D eigenvalue weighted by Gasteiger charge is 2.30. The molecule has 4 aromatic heterocycles. The number of pyridine rings is 1. The summed E-state index contributed by atoms with van der Waals surface area (Å²) in [6.07, 6.45) is 2.92. The summed E-state index contributed by atoms with van der Waals surface area (Å²) in [5.41, 5.74) is 3.40. The predicted octanol–water partition coefficient (Wildman–Crippen LogP) is 4.18. The molecule has 202 valence electrons. The number of amides is 2. The Bertz CT molecular complexity index is 1750. The standard InChI is InChI=1S/C28H24F2N8O2/c1-16(2)28(40)36-13-14-37-21(15-36)23(24(35-37)17-3-5-19(29)6-4-17)20-7-8-22-32-26(25(30)38(22)34-20)33-27(39)18-9-11-31-12-10-18/h3-12,16H,13-15H2,1-2H3,(H,33,39). The average molecular weight is 543 g/mol. The number of hydrogen-bond donors (Lipinski definition) is 1. The van der Waals surface area contributed by atoms with Crippen LogP contribution in [0.4, 0.5) is 14.6 Å². The first-order valence-electron chi connectivity index (χ1n) is 12.7. The normalized spacial score (nSPS) is 13.1. The van der Waals surface area contributed by atoms with E-state index in [2.05, 4.69) is 20.4 Å². The van der Waals surface area contributed by atoms with Crippen molar-refractivity contribution in [3.63, 3.8) is 0 Å². The predicted molar refractivity (Wildman–Crippen MR) is 142 cm³/mol. The van der Waals surface area contributed by atoms with E-state index >= 15 is 4.39 Å². The van der Waals surface area contributed by atoms with Crippen molar-refractivity contribution in [1.29, 1.82) is 0 Å². The van der Waals surface area contributed by atoms with Crippen LogP contribution in [0.2, 0.25) is 0 Å². The number of rotatable bonds is 5. The summed E-state index contributed by atoms with van der Waals surface area (Å²) >= 11 is 0. The van der Waals surface area contributed by atoms with Gasteiger partial charge >= 0.3 is 0 Å². The highest BCUT2D eigenvalue weighted by molar-refractivity contribution is 6.03. The minimum atomic E-state index is -0.847. The van der Waals surface area contributed by atoms with Gasteiger partial charge in [-0.2, -0.15) is 19.1 Å². The van der Waals surface area contributed by atoms with Gasteiger partial charge in [0.05, 0.1) is 30.0 Å². The van der Waals surface area contributed by atoms with Crippen molar-refractivity contribution in [2.45, 2.75) is 26.9 Å². The monoisotopic (exact) mass is 542 g/mol. The molecular formula is C28H24F2N8O2. The summed E-state index contributed by atoms with van der Waals surface area (Å²) in [4.78, 5) is 35.2. The molecule has 6 rings (SSSR count). The molecule has 0 spiro atoms. The van der Waals surface area contributed by atoms with Gasteiger partial charge in [-0.15, -0.1) is 0 Å². The Labute approximate surface area is 227 Å². The van der Waals surface area contributed by atoms with Crippen molar-refractivity contribution in [3.05, 3.63) is 83.9 Å². The van der Waals surface area contributed by atoms with E-state index in [0.29, 0.717) is 47.7 Å². The molecule has 0 bridgehead atoms. The van der Waals surface area contributed by atoms with Crippen LogP contribution in [-0.4, -0.2) is 52.6 Å². The Hall–Kier alpha value is -5.00. The van der Waals surface area contributed by atoms with Crippen LogP contribution < -0.4 is 5.32 Å². The van der Waals surface area contributed by atoms with Gasteiger partial charge in [-0.3, -0.25) is 19.3 Å². The van der Waals surface area contributed by atoms with Crippen LogP contribution in [0.25, 0.3) is 28.2 Å². The zero-order chi connectivity index (χ0) is 28.0. The van der Waals surface area contributed by atoms with Gasteiger partial charge in [-0.25, -0.2) is 9.37 Å². The number of anilines is 1. The quantitative estimate of drug-likeness (QED) is 0.357. The van der Waals surface area contributed by atoms with Crippen LogP contribution in [0.1, 0.15) is 29.9 Å². The minimum Gasteiger partial charge on any atom is -0.335 e. The van der Waals surface area contributed by atoms with Crippen LogP contribution in [-0.2, 0) is 17.9 Å². The van der Waals surface area contributed by atoms with Gasteiger partial charge in [0, 0.05) is 36.0 Å². The number of nitrogens with zero attached hydrogens (tertiary/aromatic N) is 7. The number of fused-ring (bicyclic) bond motifs is 2. The van der Waals surface area contributed by atoms with Gasteiger partial charge in [0.2, 0.25) is 5.91 Å². The number of carbonyl (C=O) groups is 2. The summed E-state index contributed by atoms with van der Waals surface area (Å²) < 4.78 is 32.0. The van der Waals surface area contributed by atoms with Crippen molar-refractivity contribution >= 4 is 23.3 Å². The number of hydrogen-bond acceptors (Lipinski definition) is 6. The van der Waals surface area contributed by atoms with Gasteiger partial charge < -0.3 is 10.2 Å². The molecule has 1 aromatic carbocycles. The Morgan fingerprint density at radius 1 is 0.950 bits per heavy atom. The molecule has 0 atom stereocenters. The molecule has 5 aromatic rings. The zero-order valence-corrected chi connectivity index (χ0v) is 21.7. The second-order valence-corrected chi connectivity index (χ2v) is 9.74. The maximum atomic E-state index is 15.5. The molecule has 0 unspecified atom stereocenters. The van der Waals surface area contributed by atoms with E-state index in [0.717, 1.165) is 10.2 Å². The first-order valence-corrected chi connectivity index (χ1v) is 12.7. The summed E-state index contributed by atoms with van der Waals surface area (Å²) in [6.45, 7) is 4.95. The van der Waals surface area contributed by atoms with Crippen LogP contribution in [0.5, 0.6) is 0 Å². The lowest BCUT2D eigenvalue weighted by Crippen LogP contribution is -2.40. The molecule has 0 saturated carbocycles. The number of benzene rings is 1. The Balaban J connectivity index is 1.44. The van der Waals surface area contributed by atoms with Gasteiger partial charge in [-0.1, -0.05) is 13.8 Å². The first kappa shape index (κ1) is 25.3. The van der Waals surface area contributed by atoms with Gasteiger partial charge in [-0.05, 0) is 48.5 Å². The lowest BCUT2D eigenvalue weighted by atomic mass is 10.0. The molecule has 40 heavy (non-hydrogen) atoms. The summed E-state index contributed by atoms with van der Waals surface area (Å²) in [5, 5.41) is 11.8. The highest BCUT2D eigenvalue weighted by atomic mass is 19.1. The SMILES string of the molecule is CC(C)C(=O)N1CCn2nc(-c3ccc(F)cc3)c(-c3ccc4nc(NC(=O)c5ccncc5)c(F)n4n3)c2C1. The molecule has 12 heteroatoms. The topological polar surface area (TPSA) is 110 Å². The Morgan fingerprint density at radius 3 is 2.42 bits per heavy atom. The van der Waals surface area contributed by atoms with E-state index in [1.165, 1.54) is 36.7 Å². The molecule has 10 nitrogen and oxygen atoms in total. The molecule has 1 aliphatic rings. The minimum absolute atomic E-state index is 0.0142. The molecule has 1 N–H and O–H groups in total. The second kappa shape index (κ2) is 9.95. The maximum Gasteiger partial charge on any atom is 0.259 e. The van der Waals surface area contributed by atoms with Gasteiger partial charge in [0.15, 0.2) is 11.5 Å². The molecular weight excluding hydrogens is 518 g/mol. The van der Waals surface area contributed by atoms with Crippen LogP contribution in [0.15, 0.2) is 60.9 Å². The zero-order valence-electron chi connectivity index (χ0n) is 21.7. The molecule has 5 heterocycles. The summed E-state index contributed by atoms with van der Waals surface area (Å²) in [5.74, 6) is -2.20. The third kappa shape index (κ3) is 4.46. The highest BCUT2D eigenvalue weighted by Crippen LogP contribution is 2.36. The average Bonchev–Trinajstić information content (AvgIpc) is 3.50. The largest absolute Gasteiger partial charge is 0.335 e.